The number of carboxylic acid groups (broad SMARTS) is 1. The number of aromatic nitrogens is 1. The van der Waals surface area contributed by atoms with E-state index in [0.717, 1.165) is 21.4 Å². The first-order valence-electron chi connectivity index (χ1n) is 13.6. The molecule has 216 valence electrons. The van der Waals surface area contributed by atoms with Gasteiger partial charge in [0.05, 0.1) is 16.4 Å². The van der Waals surface area contributed by atoms with E-state index in [0.29, 0.717) is 24.0 Å². The Kier molecular flexibility index (Phi) is 9.49. The molecule has 2 heterocycles. The molecule has 4 rings (SSSR count). The summed E-state index contributed by atoms with van der Waals surface area (Å²) in [4.78, 5) is 67.6. The van der Waals surface area contributed by atoms with Crippen LogP contribution in [-0.2, 0) is 20.8 Å². The smallest absolute Gasteiger partial charge is 0.326 e. The van der Waals surface area contributed by atoms with E-state index < -0.39 is 35.1 Å². The summed E-state index contributed by atoms with van der Waals surface area (Å²) in [5.41, 5.74) is 2.35. The molecule has 11 heteroatoms. The maximum absolute atomic E-state index is 13.2. The Balaban J connectivity index is 1.33. The van der Waals surface area contributed by atoms with Gasteiger partial charge in [-0.3, -0.25) is 24.1 Å². The Bertz CT molecular complexity index is 1430. The number of thiol groups is 1. The van der Waals surface area contributed by atoms with Crippen LogP contribution in [0.2, 0.25) is 0 Å². The minimum atomic E-state index is -1.19. The van der Waals surface area contributed by atoms with Crippen LogP contribution < -0.4 is 10.6 Å². The van der Waals surface area contributed by atoms with Gasteiger partial charge in [-0.25, -0.2) is 4.79 Å². The van der Waals surface area contributed by atoms with Crippen molar-refractivity contribution in [3.8, 4) is 0 Å². The fourth-order valence-corrected chi connectivity index (χ4v) is 5.24. The Morgan fingerprint density at radius 3 is 2.17 bits per heavy atom. The number of hydrogen-bond donors (Lipinski definition) is 5. The molecule has 0 radical (unpaired) electrons. The highest BCUT2D eigenvalue weighted by atomic mass is 32.1. The number of nitrogens with one attached hydrogen (secondary N) is 3. The van der Waals surface area contributed by atoms with Gasteiger partial charge in [-0.1, -0.05) is 44.2 Å². The predicted octanol–water partition coefficient (Wildman–Crippen LogP) is 3.19. The van der Waals surface area contributed by atoms with Crippen LogP contribution in [0.1, 0.15) is 59.4 Å². The third kappa shape index (κ3) is 6.97. The van der Waals surface area contributed by atoms with Crippen LogP contribution in [0.25, 0.3) is 10.9 Å². The number of carbonyl (C=O) groups is 5. The van der Waals surface area contributed by atoms with E-state index in [1.54, 1.807) is 30.5 Å². The van der Waals surface area contributed by atoms with Crippen molar-refractivity contribution in [1.82, 2.24) is 20.5 Å². The second kappa shape index (κ2) is 13.0. The number of aromatic amines is 1. The summed E-state index contributed by atoms with van der Waals surface area (Å²) in [7, 11) is 0. The van der Waals surface area contributed by atoms with Crippen molar-refractivity contribution in [3.63, 3.8) is 0 Å². The van der Waals surface area contributed by atoms with E-state index in [1.807, 2.05) is 38.1 Å². The average molecular weight is 579 g/mol. The van der Waals surface area contributed by atoms with Crippen molar-refractivity contribution in [3.05, 3.63) is 71.4 Å². The van der Waals surface area contributed by atoms with Gasteiger partial charge in [-0.05, 0) is 48.9 Å². The summed E-state index contributed by atoms with van der Waals surface area (Å²) in [6.45, 7) is 3.93. The van der Waals surface area contributed by atoms with Crippen molar-refractivity contribution in [1.29, 1.82) is 0 Å². The van der Waals surface area contributed by atoms with E-state index in [2.05, 4.69) is 28.2 Å². The van der Waals surface area contributed by atoms with Gasteiger partial charge in [0.2, 0.25) is 11.8 Å². The van der Waals surface area contributed by atoms with Gasteiger partial charge in [0.25, 0.3) is 11.8 Å². The minimum Gasteiger partial charge on any atom is -0.480 e. The lowest BCUT2D eigenvalue weighted by molar-refractivity contribution is -0.142. The highest BCUT2D eigenvalue weighted by molar-refractivity contribution is 7.81. The third-order valence-corrected chi connectivity index (χ3v) is 7.59. The second-order valence-electron chi connectivity index (χ2n) is 10.6. The van der Waals surface area contributed by atoms with Crippen LogP contribution in [0, 0.1) is 5.92 Å². The lowest BCUT2D eigenvalue weighted by Crippen LogP contribution is -2.53. The summed E-state index contributed by atoms with van der Waals surface area (Å²) >= 11 is 4.40. The van der Waals surface area contributed by atoms with Crippen molar-refractivity contribution >= 4 is 53.1 Å². The zero-order valence-corrected chi connectivity index (χ0v) is 23.8. The van der Waals surface area contributed by atoms with Gasteiger partial charge in [-0.15, -0.1) is 0 Å². The summed E-state index contributed by atoms with van der Waals surface area (Å²) in [6.07, 6.45) is 2.71. The molecule has 3 aromatic rings. The zero-order valence-electron chi connectivity index (χ0n) is 22.9. The van der Waals surface area contributed by atoms with Crippen LogP contribution in [0.5, 0.6) is 0 Å². The molecule has 1 unspecified atom stereocenters. The maximum atomic E-state index is 13.2. The van der Waals surface area contributed by atoms with Gasteiger partial charge < -0.3 is 20.7 Å². The SMILES string of the molecule is CC(C)C[C@H](NC(=O)C(S)CCCN1C(=O)c2ccccc2C1=O)C(=O)N[C@@H](Cc1c[nH]c2ccccc12)C(=O)O. The van der Waals surface area contributed by atoms with Gasteiger partial charge in [0.1, 0.15) is 12.1 Å². The quantitative estimate of drug-likeness (QED) is 0.155. The van der Waals surface area contributed by atoms with Crippen LogP contribution in [-0.4, -0.2) is 68.5 Å². The van der Waals surface area contributed by atoms with Crippen molar-refractivity contribution in [2.24, 2.45) is 5.92 Å². The lowest BCUT2D eigenvalue weighted by atomic mass is 10.0. The van der Waals surface area contributed by atoms with Crippen LogP contribution in [0.4, 0.5) is 0 Å². The number of imide groups is 1. The Morgan fingerprint density at radius 1 is 0.927 bits per heavy atom. The first kappa shape index (κ1) is 29.9. The molecule has 0 saturated carbocycles. The van der Waals surface area contributed by atoms with Crippen molar-refractivity contribution < 1.29 is 29.1 Å². The molecule has 0 bridgehead atoms. The molecule has 41 heavy (non-hydrogen) atoms. The molecular weight excluding hydrogens is 544 g/mol. The normalized spacial score (nSPS) is 15.1. The number of carboxylic acids is 1. The molecule has 0 spiro atoms. The fourth-order valence-electron chi connectivity index (χ4n) is 4.98. The van der Waals surface area contributed by atoms with Gasteiger partial charge in [-0.2, -0.15) is 12.6 Å². The summed E-state index contributed by atoms with van der Waals surface area (Å²) < 4.78 is 0. The lowest BCUT2D eigenvalue weighted by Gasteiger charge is -2.24. The topological polar surface area (TPSA) is 149 Å². The minimum absolute atomic E-state index is 0.0372. The largest absolute Gasteiger partial charge is 0.480 e. The standard InChI is InChI=1S/C30H34N4O6S/c1-17(2)14-23(26(35)33-24(30(39)40)15-18-16-31-22-11-6-5-8-19(18)22)32-27(36)25(41)12-7-13-34-28(37)20-9-3-4-10-21(20)29(34)38/h3-6,8-11,16-17,23-25,31,41H,7,12-15H2,1-2H3,(H,32,36)(H,33,35)(H,39,40)/t23-,24-,25?/m0/s1. The van der Waals surface area contributed by atoms with Gasteiger partial charge >= 0.3 is 5.97 Å². The fraction of sp³-hybridized carbons (Fsp3) is 0.367. The molecule has 0 fully saturated rings. The number of para-hydroxylation sites is 1. The molecule has 4 N–H and O–H groups in total. The zero-order chi connectivity index (χ0) is 29.7. The third-order valence-electron chi connectivity index (χ3n) is 7.09. The van der Waals surface area contributed by atoms with Crippen LogP contribution in [0.3, 0.4) is 0 Å². The van der Waals surface area contributed by atoms with E-state index in [4.69, 9.17) is 0 Å². The Labute approximate surface area is 243 Å². The number of H-pyrrole nitrogens is 1. The van der Waals surface area contributed by atoms with Crippen molar-refractivity contribution in [2.75, 3.05) is 6.54 Å². The molecule has 3 atom stereocenters. The molecule has 4 amide bonds. The van der Waals surface area contributed by atoms with Crippen LogP contribution in [0.15, 0.2) is 54.7 Å². The monoisotopic (exact) mass is 578 g/mol. The summed E-state index contributed by atoms with van der Waals surface area (Å²) in [6, 6.07) is 12.0. The highest BCUT2D eigenvalue weighted by Crippen LogP contribution is 2.23. The summed E-state index contributed by atoms with van der Waals surface area (Å²) in [5, 5.41) is 15.2. The Hall–Kier alpha value is -4.12. The van der Waals surface area contributed by atoms with E-state index in [1.165, 1.54) is 0 Å². The number of rotatable bonds is 13. The number of benzene rings is 2. The van der Waals surface area contributed by atoms with Crippen molar-refractivity contribution in [2.45, 2.75) is 56.9 Å². The number of amides is 4. The number of fused-ring (bicyclic) bond motifs is 2. The molecule has 1 aliphatic heterocycles. The number of hydrogen-bond acceptors (Lipinski definition) is 6. The van der Waals surface area contributed by atoms with E-state index in [-0.39, 0.29) is 37.1 Å². The molecule has 1 aromatic heterocycles. The summed E-state index contributed by atoms with van der Waals surface area (Å²) in [5.74, 6) is -2.94. The first-order chi connectivity index (χ1) is 19.6. The van der Waals surface area contributed by atoms with Gasteiger partial charge in [0, 0.05) is 30.1 Å². The number of carbonyl (C=O) groups excluding carboxylic acids is 4. The Morgan fingerprint density at radius 2 is 1.54 bits per heavy atom. The first-order valence-corrected chi connectivity index (χ1v) is 14.1. The highest BCUT2D eigenvalue weighted by Gasteiger charge is 2.35. The maximum Gasteiger partial charge on any atom is 0.326 e. The molecule has 0 saturated heterocycles. The van der Waals surface area contributed by atoms with E-state index >= 15 is 0 Å². The number of aliphatic carboxylic acids is 1. The predicted molar refractivity (Wildman–Crippen MR) is 157 cm³/mol. The second-order valence-corrected chi connectivity index (χ2v) is 11.2. The van der Waals surface area contributed by atoms with Gasteiger partial charge in [0.15, 0.2) is 0 Å². The van der Waals surface area contributed by atoms with E-state index in [9.17, 15) is 29.1 Å². The molecular formula is C30H34N4O6S. The average Bonchev–Trinajstić information content (AvgIpc) is 3.46. The molecule has 2 aromatic carbocycles. The van der Waals surface area contributed by atoms with Crippen LogP contribution >= 0.6 is 12.6 Å². The molecule has 0 aliphatic carbocycles. The number of nitrogens with zero attached hydrogens (tertiary/aromatic N) is 1. The molecule has 10 nitrogen and oxygen atoms in total. The molecule has 1 aliphatic rings.